The van der Waals surface area contributed by atoms with Gasteiger partial charge in [-0.25, -0.2) is 4.79 Å². The summed E-state index contributed by atoms with van der Waals surface area (Å²) in [6.45, 7) is -0.478. The SMILES string of the molecule is O=C(CN1C(=O)NC2(CCCC2)C1=O)Nc1ccc(C(=O)N2CC(=O)Nc3ccccc32)cc1. The lowest BCUT2D eigenvalue weighted by Gasteiger charge is -2.29. The van der Waals surface area contributed by atoms with Crippen molar-refractivity contribution in [1.29, 1.82) is 0 Å². The molecule has 2 aliphatic heterocycles. The van der Waals surface area contributed by atoms with Crippen LogP contribution in [0.3, 0.4) is 0 Å². The Bertz CT molecular complexity index is 1200. The molecule has 34 heavy (non-hydrogen) atoms. The minimum atomic E-state index is -0.858. The molecule has 1 saturated heterocycles. The van der Waals surface area contributed by atoms with Gasteiger partial charge in [-0.1, -0.05) is 25.0 Å². The molecule has 10 nitrogen and oxygen atoms in total. The second-order valence-corrected chi connectivity index (χ2v) is 8.69. The van der Waals surface area contributed by atoms with Gasteiger partial charge in [0.25, 0.3) is 11.8 Å². The number of hydrogen-bond acceptors (Lipinski definition) is 5. The number of carbonyl (C=O) groups is 5. The van der Waals surface area contributed by atoms with Gasteiger partial charge in [-0.05, 0) is 49.2 Å². The van der Waals surface area contributed by atoms with Crippen LogP contribution in [0, 0.1) is 0 Å². The van der Waals surface area contributed by atoms with E-state index < -0.39 is 17.5 Å². The van der Waals surface area contributed by atoms with E-state index in [4.69, 9.17) is 0 Å². The average molecular weight is 461 g/mol. The van der Waals surface area contributed by atoms with Crippen molar-refractivity contribution in [3.05, 3.63) is 54.1 Å². The monoisotopic (exact) mass is 461 g/mol. The van der Waals surface area contributed by atoms with E-state index in [9.17, 15) is 24.0 Å². The third-order valence-corrected chi connectivity index (χ3v) is 6.44. The van der Waals surface area contributed by atoms with Gasteiger partial charge in [-0.15, -0.1) is 0 Å². The summed E-state index contributed by atoms with van der Waals surface area (Å²) in [6, 6.07) is 12.7. The Labute approximate surface area is 195 Å². The quantitative estimate of drug-likeness (QED) is 0.601. The lowest BCUT2D eigenvalue weighted by atomic mass is 9.98. The fourth-order valence-corrected chi connectivity index (χ4v) is 4.75. The second-order valence-electron chi connectivity index (χ2n) is 8.69. The summed E-state index contributed by atoms with van der Waals surface area (Å²) in [4.78, 5) is 64.9. The predicted octanol–water partition coefficient (Wildman–Crippen LogP) is 2.09. The Hall–Kier alpha value is -4.21. The van der Waals surface area contributed by atoms with Crippen molar-refractivity contribution in [1.82, 2.24) is 10.2 Å². The molecule has 1 aliphatic carbocycles. The Balaban J connectivity index is 1.24. The highest BCUT2D eigenvalue weighted by Crippen LogP contribution is 2.35. The van der Waals surface area contributed by atoms with Crippen LogP contribution in [0.1, 0.15) is 36.0 Å². The standard InChI is InChI=1S/C24H23N5O5/c30-19(14-29-22(33)24(27-23(29)34)11-3-4-12-24)25-16-9-7-15(8-10-16)21(32)28-13-20(31)26-17-5-1-2-6-18(17)28/h1-2,5-10H,3-4,11-14H2,(H,25,30)(H,26,31)(H,27,34). The van der Waals surface area contributed by atoms with Gasteiger partial charge in [-0.3, -0.25) is 29.0 Å². The molecule has 1 spiro atoms. The molecular weight excluding hydrogens is 438 g/mol. The van der Waals surface area contributed by atoms with Crippen LogP contribution < -0.4 is 20.9 Å². The van der Waals surface area contributed by atoms with Crippen LogP contribution in [0.2, 0.25) is 0 Å². The number of nitrogens with one attached hydrogen (secondary N) is 3. The van der Waals surface area contributed by atoms with Gasteiger partial charge in [0.05, 0.1) is 11.4 Å². The highest BCUT2D eigenvalue weighted by molar-refractivity contribution is 6.15. The van der Waals surface area contributed by atoms with Crippen molar-refractivity contribution in [2.75, 3.05) is 28.6 Å². The number of carbonyl (C=O) groups excluding carboxylic acids is 5. The van der Waals surface area contributed by atoms with Gasteiger partial charge in [0.1, 0.15) is 18.6 Å². The largest absolute Gasteiger partial charge is 0.325 e. The average Bonchev–Trinajstić information content (AvgIpc) is 3.39. The van der Waals surface area contributed by atoms with Crippen molar-refractivity contribution < 1.29 is 24.0 Å². The summed E-state index contributed by atoms with van der Waals surface area (Å²) in [6.07, 6.45) is 2.91. The zero-order valence-corrected chi connectivity index (χ0v) is 18.3. The maximum absolute atomic E-state index is 13.0. The maximum Gasteiger partial charge on any atom is 0.325 e. The molecule has 0 bridgehead atoms. The zero-order valence-electron chi connectivity index (χ0n) is 18.3. The Morgan fingerprint density at radius 1 is 0.971 bits per heavy atom. The summed E-state index contributed by atoms with van der Waals surface area (Å²) in [7, 11) is 0. The predicted molar refractivity (Wildman–Crippen MR) is 123 cm³/mol. The summed E-state index contributed by atoms with van der Waals surface area (Å²) in [5.74, 6) is -1.49. The van der Waals surface area contributed by atoms with Gasteiger partial charge < -0.3 is 16.0 Å². The Morgan fingerprint density at radius 3 is 2.41 bits per heavy atom. The smallest absolute Gasteiger partial charge is 0.325 e. The topological polar surface area (TPSA) is 128 Å². The summed E-state index contributed by atoms with van der Waals surface area (Å²) >= 11 is 0. The zero-order chi connectivity index (χ0) is 23.9. The first kappa shape index (κ1) is 21.6. The number of benzene rings is 2. The van der Waals surface area contributed by atoms with Crippen LogP contribution in [0.5, 0.6) is 0 Å². The van der Waals surface area contributed by atoms with Crippen molar-refractivity contribution >= 4 is 46.7 Å². The fourth-order valence-electron chi connectivity index (χ4n) is 4.75. The van der Waals surface area contributed by atoms with E-state index in [1.54, 1.807) is 48.5 Å². The van der Waals surface area contributed by atoms with Crippen LogP contribution in [0.4, 0.5) is 21.9 Å². The molecule has 2 aromatic rings. The fraction of sp³-hybridized carbons (Fsp3) is 0.292. The van der Waals surface area contributed by atoms with Gasteiger partial charge in [0.2, 0.25) is 11.8 Å². The minimum absolute atomic E-state index is 0.0955. The van der Waals surface area contributed by atoms with E-state index in [0.29, 0.717) is 35.5 Å². The summed E-state index contributed by atoms with van der Waals surface area (Å²) in [5, 5.41) is 8.14. The molecule has 2 fully saturated rings. The maximum atomic E-state index is 13.0. The van der Waals surface area contributed by atoms with Crippen molar-refractivity contribution in [2.45, 2.75) is 31.2 Å². The van der Waals surface area contributed by atoms with Crippen molar-refractivity contribution in [3.63, 3.8) is 0 Å². The number of fused-ring (bicyclic) bond motifs is 1. The van der Waals surface area contributed by atoms with Crippen LogP contribution in [0.15, 0.2) is 48.5 Å². The molecule has 174 valence electrons. The van der Waals surface area contributed by atoms with E-state index in [1.807, 2.05) is 0 Å². The molecule has 1 saturated carbocycles. The molecule has 2 aromatic carbocycles. The van der Waals surface area contributed by atoms with Crippen LogP contribution in [0.25, 0.3) is 0 Å². The van der Waals surface area contributed by atoms with E-state index in [0.717, 1.165) is 17.7 Å². The Morgan fingerprint density at radius 2 is 1.68 bits per heavy atom. The van der Waals surface area contributed by atoms with Gasteiger partial charge in [0, 0.05) is 11.3 Å². The first-order chi connectivity index (χ1) is 16.4. The van der Waals surface area contributed by atoms with Gasteiger partial charge in [-0.2, -0.15) is 0 Å². The highest BCUT2D eigenvalue weighted by atomic mass is 16.2. The van der Waals surface area contributed by atoms with Gasteiger partial charge in [0.15, 0.2) is 0 Å². The number of rotatable bonds is 4. The molecule has 2 heterocycles. The number of amides is 6. The van der Waals surface area contributed by atoms with E-state index in [1.165, 1.54) is 4.90 Å². The van der Waals surface area contributed by atoms with Crippen LogP contribution in [-0.2, 0) is 14.4 Å². The first-order valence-corrected chi connectivity index (χ1v) is 11.1. The molecule has 0 radical (unpaired) electrons. The van der Waals surface area contributed by atoms with Crippen LogP contribution in [-0.4, -0.2) is 53.2 Å². The highest BCUT2D eigenvalue weighted by Gasteiger charge is 2.52. The molecule has 0 unspecified atom stereocenters. The van der Waals surface area contributed by atoms with Crippen molar-refractivity contribution in [2.24, 2.45) is 0 Å². The molecule has 3 aliphatic rings. The number of hydrogen-bond donors (Lipinski definition) is 3. The van der Waals surface area contributed by atoms with Gasteiger partial charge >= 0.3 is 6.03 Å². The normalized spacial score (nSPS) is 18.5. The molecule has 6 amide bonds. The number of nitrogens with zero attached hydrogens (tertiary/aromatic N) is 2. The number of imide groups is 1. The third-order valence-electron chi connectivity index (χ3n) is 6.44. The summed E-state index contributed by atoms with van der Waals surface area (Å²) < 4.78 is 0. The minimum Gasteiger partial charge on any atom is -0.325 e. The number of anilines is 3. The van der Waals surface area contributed by atoms with E-state index in [-0.39, 0.29) is 30.8 Å². The molecular formula is C24H23N5O5. The third kappa shape index (κ3) is 3.76. The van der Waals surface area contributed by atoms with E-state index in [2.05, 4.69) is 16.0 Å². The van der Waals surface area contributed by atoms with Crippen LogP contribution >= 0.6 is 0 Å². The number of para-hydroxylation sites is 2. The molecule has 10 heteroatoms. The lowest BCUT2D eigenvalue weighted by Crippen LogP contribution is -2.44. The Kier molecular flexibility index (Phi) is 5.27. The molecule has 0 aromatic heterocycles. The second kappa shape index (κ2) is 8.29. The summed E-state index contributed by atoms with van der Waals surface area (Å²) in [5.41, 5.74) is 1.08. The first-order valence-electron chi connectivity index (χ1n) is 11.1. The van der Waals surface area contributed by atoms with E-state index >= 15 is 0 Å². The number of urea groups is 1. The van der Waals surface area contributed by atoms with Crippen molar-refractivity contribution in [3.8, 4) is 0 Å². The molecule has 5 rings (SSSR count). The molecule has 3 N–H and O–H groups in total. The lowest BCUT2D eigenvalue weighted by molar-refractivity contribution is -0.133. The molecule has 0 atom stereocenters.